The zero-order valence-electron chi connectivity index (χ0n) is 12.4. The Morgan fingerprint density at radius 1 is 1.24 bits per heavy atom. The van der Waals surface area contributed by atoms with Gasteiger partial charge in [0.05, 0.1) is 0 Å². The fourth-order valence-electron chi connectivity index (χ4n) is 2.08. The van der Waals surface area contributed by atoms with Crippen molar-refractivity contribution in [3.8, 4) is 11.8 Å². The Bertz CT molecular complexity index is 526. The Morgan fingerprint density at radius 2 is 1.90 bits per heavy atom. The number of hydrogen-bond acceptors (Lipinski definition) is 2. The van der Waals surface area contributed by atoms with Gasteiger partial charge in [0.2, 0.25) is 0 Å². The topological polar surface area (TPSA) is 66.4 Å². The van der Waals surface area contributed by atoms with Crippen molar-refractivity contribution in [2.45, 2.75) is 26.7 Å². The van der Waals surface area contributed by atoms with E-state index in [1.807, 2.05) is 44.2 Å². The van der Waals surface area contributed by atoms with Crippen LogP contribution >= 0.6 is 0 Å². The number of carbonyl (C=O) groups excluding carboxylic acids is 1. The minimum absolute atomic E-state index is 0.0601. The van der Waals surface area contributed by atoms with Crippen LogP contribution in [0.4, 0.5) is 0 Å². The molecule has 2 N–H and O–H groups in total. The summed E-state index contributed by atoms with van der Waals surface area (Å²) >= 11 is 0. The van der Waals surface area contributed by atoms with Gasteiger partial charge in [0.1, 0.15) is 0 Å². The summed E-state index contributed by atoms with van der Waals surface area (Å²) in [5, 5.41) is 11.6. The van der Waals surface area contributed by atoms with Crippen LogP contribution in [-0.2, 0) is 9.59 Å². The van der Waals surface area contributed by atoms with Crippen molar-refractivity contribution in [1.82, 2.24) is 5.32 Å². The molecule has 0 bridgehead atoms. The largest absolute Gasteiger partial charge is 0.481 e. The molecule has 0 aliphatic carbocycles. The molecule has 0 saturated heterocycles. The first kappa shape index (κ1) is 16.8. The van der Waals surface area contributed by atoms with Crippen LogP contribution in [0, 0.1) is 23.7 Å². The molecule has 1 rings (SSSR count). The maximum Gasteiger partial charge on any atom is 0.303 e. The van der Waals surface area contributed by atoms with Gasteiger partial charge in [-0.25, -0.2) is 0 Å². The molecule has 1 atom stereocenters. The van der Waals surface area contributed by atoms with Crippen LogP contribution in [0.25, 0.3) is 0 Å². The van der Waals surface area contributed by atoms with Gasteiger partial charge in [0.15, 0.2) is 0 Å². The monoisotopic (exact) mass is 287 g/mol. The van der Waals surface area contributed by atoms with Gasteiger partial charge in [0.25, 0.3) is 5.91 Å². The first-order chi connectivity index (χ1) is 9.97. The highest BCUT2D eigenvalue weighted by Gasteiger charge is 2.15. The average molecular weight is 287 g/mol. The van der Waals surface area contributed by atoms with Crippen LogP contribution in [0.1, 0.15) is 32.3 Å². The highest BCUT2D eigenvalue weighted by atomic mass is 16.4. The minimum atomic E-state index is -0.842. The summed E-state index contributed by atoms with van der Waals surface area (Å²) < 4.78 is 0. The summed E-state index contributed by atoms with van der Waals surface area (Å²) in [6, 6.07) is 9.24. The van der Waals surface area contributed by atoms with E-state index in [4.69, 9.17) is 5.11 Å². The standard InChI is InChI=1S/C17H21NO3/c1-13(2)10-15(11-17(20)21)12-18-16(19)9-8-14-6-4-3-5-7-14/h3-7,13,15H,10-12H2,1-2H3,(H,18,19)(H,20,21). The maximum atomic E-state index is 11.7. The molecule has 1 amide bonds. The Hall–Kier alpha value is -2.28. The van der Waals surface area contributed by atoms with Crippen molar-refractivity contribution in [3.05, 3.63) is 35.9 Å². The van der Waals surface area contributed by atoms with Gasteiger partial charge >= 0.3 is 5.97 Å². The molecule has 0 radical (unpaired) electrons. The van der Waals surface area contributed by atoms with Gasteiger partial charge in [-0.2, -0.15) is 0 Å². The van der Waals surface area contributed by atoms with Crippen molar-refractivity contribution < 1.29 is 14.7 Å². The van der Waals surface area contributed by atoms with Gasteiger partial charge in [0, 0.05) is 24.4 Å². The molecule has 1 unspecified atom stereocenters. The lowest BCUT2D eigenvalue weighted by molar-refractivity contribution is -0.138. The van der Waals surface area contributed by atoms with E-state index in [0.29, 0.717) is 12.5 Å². The summed E-state index contributed by atoms with van der Waals surface area (Å²) in [5.41, 5.74) is 0.775. The molecule has 0 saturated carbocycles. The van der Waals surface area contributed by atoms with Crippen LogP contribution in [-0.4, -0.2) is 23.5 Å². The smallest absolute Gasteiger partial charge is 0.303 e. The molecule has 0 aromatic heterocycles. The number of aliphatic carboxylic acids is 1. The molecular weight excluding hydrogens is 266 g/mol. The van der Waals surface area contributed by atoms with E-state index in [9.17, 15) is 9.59 Å². The van der Waals surface area contributed by atoms with E-state index in [1.54, 1.807) is 0 Å². The molecule has 0 heterocycles. The third-order valence-electron chi connectivity index (χ3n) is 2.91. The van der Waals surface area contributed by atoms with Gasteiger partial charge in [-0.1, -0.05) is 38.0 Å². The summed E-state index contributed by atoms with van der Waals surface area (Å²) in [4.78, 5) is 22.5. The van der Waals surface area contributed by atoms with E-state index in [1.165, 1.54) is 0 Å². The Balaban J connectivity index is 2.49. The van der Waals surface area contributed by atoms with E-state index >= 15 is 0 Å². The van der Waals surface area contributed by atoms with Crippen molar-refractivity contribution in [2.24, 2.45) is 11.8 Å². The van der Waals surface area contributed by atoms with Crippen molar-refractivity contribution in [3.63, 3.8) is 0 Å². The van der Waals surface area contributed by atoms with Crippen molar-refractivity contribution in [2.75, 3.05) is 6.54 Å². The number of nitrogens with one attached hydrogen (secondary N) is 1. The predicted octanol–water partition coefficient (Wildman–Crippen LogP) is 2.29. The molecule has 4 heteroatoms. The number of rotatable bonds is 6. The van der Waals surface area contributed by atoms with Crippen LogP contribution in [0.2, 0.25) is 0 Å². The number of hydrogen-bond donors (Lipinski definition) is 2. The second-order valence-corrected chi connectivity index (χ2v) is 5.42. The number of benzene rings is 1. The van der Waals surface area contributed by atoms with Gasteiger partial charge in [-0.3, -0.25) is 9.59 Å². The molecule has 0 aliphatic heterocycles. The molecule has 1 aromatic carbocycles. The maximum absolute atomic E-state index is 11.7. The van der Waals surface area contributed by atoms with Gasteiger partial charge in [-0.05, 0) is 30.4 Å². The highest BCUT2D eigenvalue weighted by molar-refractivity contribution is 5.94. The minimum Gasteiger partial charge on any atom is -0.481 e. The molecule has 112 valence electrons. The van der Waals surface area contributed by atoms with E-state index < -0.39 is 5.97 Å². The lowest BCUT2D eigenvalue weighted by atomic mass is 9.94. The van der Waals surface area contributed by atoms with Crippen LogP contribution in [0.3, 0.4) is 0 Å². The fourth-order valence-corrected chi connectivity index (χ4v) is 2.08. The summed E-state index contributed by atoms with van der Waals surface area (Å²) in [5.74, 6) is 4.39. The first-order valence-corrected chi connectivity index (χ1v) is 7.04. The van der Waals surface area contributed by atoms with Gasteiger partial charge in [-0.15, -0.1) is 0 Å². The molecule has 0 aliphatic rings. The second-order valence-electron chi connectivity index (χ2n) is 5.42. The third-order valence-corrected chi connectivity index (χ3v) is 2.91. The van der Waals surface area contributed by atoms with Crippen LogP contribution in [0.5, 0.6) is 0 Å². The zero-order valence-corrected chi connectivity index (χ0v) is 12.4. The molecule has 1 aromatic rings. The SMILES string of the molecule is CC(C)CC(CNC(=O)C#Cc1ccccc1)CC(=O)O. The molecule has 4 nitrogen and oxygen atoms in total. The predicted molar refractivity (Wildman–Crippen MR) is 81.5 cm³/mol. The normalized spacial score (nSPS) is 11.4. The van der Waals surface area contributed by atoms with Gasteiger partial charge < -0.3 is 10.4 Å². The highest BCUT2D eigenvalue weighted by Crippen LogP contribution is 2.14. The molecular formula is C17H21NO3. The van der Waals surface area contributed by atoms with E-state index in [0.717, 1.165) is 12.0 Å². The van der Waals surface area contributed by atoms with Crippen LogP contribution in [0.15, 0.2) is 30.3 Å². The number of carbonyl (C=O) groups is 2. The molecule has 0 fully saturated rings. The molecule has 0 spiro atoms. The number of carboxylic acid groups (broad SMARTS) is 1. The number of carboxylic acids is 1. The van der Waals surface area contributed by atoms with Crippen LogP contribution < -0.4 is 5.32 Å². The Morgan fingerprint density at radius 3 is 2.48 bits per heavy atom. The quantitative estimate of drug-likeness (QED) is 0.789. The third kappa shape index (κ3) is 7.78. The first-order valence-electron chi connectivity index (χ1n) is 7.04. The number of amides is 1. The Kier molecular flexibility index (Phi) is 7.03. The summed E-state index contributed by atoms with van der Waals surface area (Å²) in [6.45, 7) is 4.41. The van der Waals surface area contributed by atoms with Crippen molar-refractivity contribution >= 4 is 11.9 Å². The lowest BCUT2D eigenvalue weighted by Crippen LogP contribution is -2.30. The van der Waals surface area contributed by atoms with Crippen molar-refractivity contribution in [1.29, 1.82) is 0 Å². The van der Waals surface area contributed by atoms with E-state index in [2.05, 4.69) is 17.2 Å². The molecule has 21 heavy (non-hydrogen) atoms. The fraction of sp³-hybridized carbons (Fsp3) is 0.412. The summed E-state index contributed by atoms with van der Waals surface area (Å²) in [7, 11) is 0. The zero-order chi connectivity index (χ0) is 15.7. The Labute approximate surface area is 125 Å². The average Bonchev–Trinajstić information content (AvgIpc) is 2.42. The van der Waals surface area contributed by atoms with E-state index in [-0.39, 0.29) is 18.2 Å². The lowest BCUT2D eigenvalue weighted by Gasteiger charge is -2.16. The summed E-state index contributed by atoms with van der Waals surface area (Å²) in [6.07, 6.45) is 0.823. The second kappa shape index (κ2) is 8.80.